The van der Waals surface area contributed by atoms with E-state index >= 15 is 0 Å². The van der Waals surface area contributed by atoms with Gasteiger partial charge in [-0.2, -0.15) is 0 Å². The summed E-state index contributed by atoms with van der Waals surface area (Å²) in [5.74, 6) is 0. The summed E-state index contributed by atoms with van der Waals surface area (Å²) in [6.45, 7) is 4.22. The maximum absolute atomic E-state index is 12.2. The summed E-state index contributed by atoms with van der Waals surface area (Å²) >= 11 is 1.31. The highest BCUT2D eigenvalue weighted by molar-refractivity contribution is 7.89. The van der Waals surface area contributed by atoms with Crippen LogP contribution < -0.4 is 4.72 Å². The lowest BCUT2D eigenvalue weighted by Gasteiger charge is -2.35. The monoisotopic (exact) mass is 305 g/mol. The van der Waals surface area contributed by atoms with Crippen molar-refractivity contribution in [2.45, 2.75) is 50.3 Å². The molecule has 0 radical (unpaired) electrons. The molecule has 0 bridgehead atoms. The lowest BCUT2D eigenvalue weighted by Crippen LogP contribution is -2.47. The molecule has 1 aromatic heterocycles. The maximum Gasteiger partial charge on any atom is 0.241 e. The third-order valence-corrected chi connectivity index (χ3v) is 6.00. The van der Waals surface area contributed by atoms with Crippen molar-refractivity contribution < 1.29 is 18.3 Å². The van der Waals surface area contributed by atoms with Crippen LogP contribution >= 0.6 is 11.3 Å². The number of sulfonamides is 1. The number of hydrogen-bond donors (Lipinski definition) is 2. The Hall–Kier alpha value is -0.470. The van der Waals surface area contributed by atoms with Gasteiger partial charge in [-0.25, -0.2) is 13.1 Å². The Morgan fingerprint density at radius 3 is 2.74 bits per heavy atom. The summed E-state index contributed by atoms with van der Waals surface area (Å²) < 4.78 is 32.5. The topological polar surface area (TPSA) is 75.6 Å². The van der Waals surface area contributed by atoms with Gasteiger partial charge in [0, 0.05) is 22.4 Å². The lowest BCUT2D eigenvalue weighted by atomic mass is 9.90. The maximum atomic E-state index is 12.2. The first-order chi connectivity index (χ1) is 8.96. The number of hydrogen-bond acceptors (Lipinski definition) is 5. The van der Waals surface area contributed by atoms with E-state index in [0.717, 1.165) is 12.8 Å². The smallest absolute Gasteiger partial charge is 0.241 e. The van der Waals surface area contributed by atoms with Crippen molar-refractivity contribution in [2.75, 3.05) is 6.61 Å². The van der Waals surface area contributed by atoms with Crippen LogP contribution in [0.1, 0.15) is 29.5 Å². The Morgan fingerprint density at radius 1 is 1.53 bits per heavy atom. The Bertz CT molecular complexity index is 532. The SMILES string of the molecule is CCOC1CC(NS(=O)(=O)c2cc(CO)sc2C)C1. The molecule has 0 saturated heterocycles. The van der Waals surface area contributed by atoms with E-state index in [1.165, 1.54) is 11.3 Å². The van der Waals surface area contributed by atoms with Crippen LogP contribution in [0.3, 0.4) is 0 Å². The molecule has 0 amide bonds. The van der Waals surface area contributed by atoms with Crippen LogP contribution in [0.15, 0.2) is 11.0 Å². The highest BCUT2D eigenvalue weighted by atomic mass is 32.2. The van der Waals surface area contributed by atoms with Crippen LogP contribution in [-0.2, 0) is 21.4 Å². The molecule has 0 spiro atoms. The Morgan fingerprint density at radius 2 is 2.21 bits per heavy atom. The molecule has 1 fully saturated rings. The third kappa shape index (κ3) is 3.35. The van der Waals surface area contributed by atoms with Gasteiger partial charge in [-0.3, -0.25) is 0 Å². The summed E-state index contributed by atoms with van der Waals surface area (Å²) in [5, 5.41) is 9.05. The van der Waals surface area contributed by atoms with Crippen molar-refractivity contribution in [1.29, 1.82) is 0 Å². The summed E-state index contributed by atoms with van der Waals surface area (Å²) in [6.07, 6.45) is 1.63. The third-order valence-electron chi connectivity index (χ3n) is 3.19. The van der Waals surface area contributed by atoms with E-state index in [9.17, 15) is 8.42 Å². The highest BCUT2D eigenvalue weighted by Gasteiger charge is 2.33. The van der Waals surface area contributed by atoms with E-state index in [1.54, 1.807) is 13.0 Å². The second kappa shape index (κ2) is 5.88. The second-order valence-corrected chi connectivity index (χ2v) is 7.68. The van der Waals surface area contributed by atoms with Gasteiger partial charge in [0.2, 0.25) is 10.0 Å². The first kappa shape index (κ1) is 14.9. The molecule has 0 aromatic carbocycles. The number of aliphatic hydroxyl groups excluding tert-OH is 1. The molecular weight excluding hydrogens is 286 g/mol. The van der Waals surface area contributed by atoms with Crippen molar-refractivity contribution in [3.05, 3.63) is 15.8 Å². The molecule has 1 aliphatic rings. The zero-order valence-electron chi connectivity index (χ0n) is 11.0. The number of thiophene rings is 1. The van der Waals surface area contributed by atoms with Gasteiger partial charge in [0.25, 0.3) is 0 Å². The van der Waals surface area contributed by atoms with E-state index < -0.39 is 10.0 Å². The molecule has 0 aliphatic heterocycles. The number of aliphatic hydroxyl groups is 1. The van der Waals surface area contributed by atoms with Crippen LogP contribution in [-0.4, -0.2) is 32.3 Å². The minimum absolute atomic E-state index is 0.0431. The van der Waals surface area contributed by atoms with Crippen LogP contribution in [0.25, 0.3) is 0 Å². The Labute approximate surface area is 117 Å². The Balaban J connectivity index is 2.01. The molecule has 19 heavy (non-hydrogen) atoms. The lowest BCUT2D eigenvalue weighted by molar-refractivity contribution is -0.00475. The zero-order chi connectivity index (χ0) is 14.0. The number of ether oxygens (including phenoxy) is 1. The zero-order valence-corrected chi connectivity index (χ0v) is 12.7. The van der Waals surface area contributed by atoms with Crippen LogP contribution in [0, 0.1) is 6.92 Å². The molecule has 7 heteroatoms. The minimum Gasteiger partial charge on any atom is -0.391 e. The second-order valence-electron chi connectivity index (χ2n) is 4.66. The van der Waals surface area contributed by atoms with E-state index in [4.69, 9.17) is 9.84 Å². The molecule has 1 aliphatic carbocycles. The van der Waals surface area contributed by atoms with Crippen molar-refractivity contribution >= 4 is 21.4 Å². The number of rotatable bonds is 6. The van der Waals surface area contributed by atoms with Gasteiger partial charge in [0.15, 0.2) is 0 Å². The van der Waals surface area contributed by atoms with Crippen molar-refractivity contribution in [2.24, 2.45) is 0 Å². The van der Waals surface area contributed by atoms with E-state index in [-0.39, 0.29) is 23.6 Å². The molecule has 0 unspecified atom stereocenters. The van der Waals surface area contributed by atoms with Gasteiger partial charge >= 0.3 is 0 Å². The molecule has 1 aromatic rings. The average Bonchev–Trinajstić information content (AvgIpc) is 2.68. The van der Waals surface area contributed by atoms with Crippen LogP contribution in [0.2, 0.25) is 0 Å². The minimum atomic E-state index is -3.48. The fourth-order valence-electron chi connectivity index (χ4n) is 2.19. The van der Waals surface area contributed by atoms with E-state index in [0.29, 0.717) is 16.4 Å². The summed E-state index contributed by atoms with van der Waals surface area (Å²) in [4.78, 5) is 1.65. The fraction of sp³-hybridized carbons (Fsp3) is 0.667. The highest BCUT2D eigenvalue weighted by Crippen LogP contribution is 2.29. The molecule has 1 heterocycles. The largest absolute Gasteiger partial charge is 0.391 e. The first-order valence-electron chi connectivity index (χ1n) is 6.30. The normalized spacial score (nSPS) is 23.3. The van der Waals surface area contributed by atoms with Gasteiger partial charge in [-0.1, -0.05) is 0 Å². The molecule has 5 nitrogen and oxygen atoms in total. The number of nitrogens with one attached hydrogen (secondary N) is 1. The summed E-state index contributed by atoms with van der Waals surface area (Å²) in [6, 6.07) is 1.50. The molecule has 108 valence electrons. The molecule has 0 atom stereocenters. The van der Waals surface area contributed by atoms with Crippen molar-refractivity contribution in [3.8, 4) is 0 Å². The predicted octanol–water partition coefficient (Wildman–Crippen LogP) is 1.39. The van der Waals surface area contributed by atoms with E-state index in [2.05, 4.69) is 4.72 Å². The first-order valence-corrected chi connectivity index (χ1v) is 8.60. The molecular formula is C12H19NO4S2. The van der Waals surface area contributed by atoms with Crippen LogP contribution in [0.4, 0.5) is 0 Å². The van der Waals surface area contributed by atoms with Crippen molar-refractivity contribution in [1.82, 2.24) is 4.72 Å². The van der Waals surface area contributed by atoms with Gasteiger partial charge in [-0.05, 0) is 32.8 Å². The standard InChI is InChI=1S/C12H19NO4S2/c1-3-17-10-4-9(5-10)13-19(15,16)12-6-11(7-14)18-8(12)2/h6,9-10,13-14H,3-5,7H2,1-2H3. The molecule has 2 rings (SSSR count). The predicted molar refractivity (Wildman–Crippen MR) is 73.7 cm³/mol. The molecule has 2 N–H and O–H groups in total. The Kier molecular flexibility index (Phi) is 4.62. The van der Waals surface area contributed by atoms with Gasteiger partial charge in [0.1, 0.15) is 0 Å². The fourth-order valence-corrected chi connectivity index (χ4v) is 4.94. The summed E-state index contributed by atoms with van der Waals surface area (Å²) in [5.41, 5.74) is 0. The van der Waals surface area contributed by atoms with Gasteiger partial charge < -0.3 is 9.84 Å². The van der Waals surface area contributed by atoms with Gasteiger partial charge in [0.05, 0.1) is 17.6 Å². The van der Waals surface area contributed by atoms with Gasteiger partial charge in [-0.15, -0.1) is 11.3 Å². The molecule has 1 saturated carbocycles. The number of aryl methyl sites for hydroxylation is 1. The summed E-state index contributed by atoms with van der Waals surface area (Å²) in [7, 11) is -3.48. The average molecular weight is 305 g/mol. The van der Waals surface area contributed by atoms with Crippen LogP contribution in [0.5, 0.6) is 0 Å². The van der Waals surface area contributed by atoms with E-state index in [1.807, 2.05) is 6.92 Å². The van der Waals surface area contributed by atoms with Crippen molar-refractivity contribution in [3.63, 3.8) is 0 Å². The quantitative estimate of drug-likeness (QED) is 0.833.